The number of alkyl halides is 2. The fraction of sp³-hybridized carbons (Fsp3) is 0.818. The van der Waals surface area contributed by atoms with Gasteiger partial charge in [0.15, 0.2) is 36.3 Å². The van der Waals surface area contributed by atoms with E-state index in [-0.39, 0.29) is 5.92 Å². The SMILES string of the molecule is C=CC1CCC(C(S(=O)(=O)CF)S(=O)(=O)CF)CC1. The van der Waals surface area contributed by atoms with E-state index in [9.17, 15) is 25.6 Å². The third-order valence-corrected chi connectivity index (χ3v) is 8.10. The van der Waals surface area contributed by atoms with Gasteiger partial charge in [-0.1, -0.05) is 6.08 Å². The van der Waals surface area contributed by atoms with Gasteiger partial charge in [-0.3, -0.25) is 0 Å². The van der Waals surface area contributed by atoms with Crippen molar-refractivity contribution in [3.63, 3.8) is 0 Å². The van der Waals surface area contributed by atoms with E-state index in [1.165, 1.54) is 0 Å². The molecule has 0 radical (unpaired) electrons. The van der Waals surface area contributed by atoms with Gasteiger partial charge in [-0.2, -0.15) is 0 Å². The Morgan fingerprint density at radius 1 is 1.00 bits per heavy atom. The van der Waals surface area contributed by atoms with E-state index >= 15 is 0 Å². The molecule has 19 heavy (non-hydrogen) atoms. The molecule has 0 N–H and O–H groups in total. The lowest BCUT2D eigenvalue weighted by Crippen LogP contribution is -2.40. The summed E-state index contributed by atoms with van der Waals surface area (Å²) in [6.07, 6.45) is 3.56. The molecule has 0 bridgehead atoms. The fourth-order valence-electron chi connectivity index (χ4n) is 2.59. The predicted molar refractivity (Wildman–Crippen MR) is 69.2 cm³/mol. The number of hydrogen-bond acceptors (Lipinski definition) is 4. The highest BCUT2D eigenvalue weighted by Crippen LogP contribution is 2.36. The van der Waals surface area contributed by atoms with E-state index < -0.39 is 42.2 Å². The molecule has 1 aliphatic carbocycles. The highest BCUT2D eigenvalue weighted by molar-refractivity contribution is 8.08. The van der Waals surface area contributed by atoms with Crippen molar-refractivity contribution in [3.8, 4) is 0 Å². The minimum Gasteiger partial charge on any atom is -0.234 e. The fourth-order valence-corrected chi connectivity index (χ4v) is 6.65. The summed E-state index contributed by atoms with van der Waals surface area (Å²) in [6.45, 7) is 3.63. The lowest BCUT2D eigenvalue weighted by atomic mass is 9.83. The van der Waals surface area contributed by atoms with Crippen LogP contribution in [0.2, 0.25) is 0 Å². The zero-order valence-corrected chi connectivity index (χ0v) is 12.1. The van der Waals surface area contributed by atoms with Crippen LogP contribution in [0.1, 0.15) is 25.7 Å². The van der Waals surface area contributed by atoms with E-state index in [1.807, 2.05) is 0 Å². The molecule has 0 aromatic rings. The Bertz CT molecular complexity index is 471. The molecule has 8 heteroatoms. The Labute approximate surface area is 112 Å². The van der Waals surface area contributed by atoms with Gasteiger partial charge in [-0.15, -0.1) is 6.58 Å². The monoisotopic (exact) mass is 316 g/mol. The normalized spacial score (nSPS) is 25.4. The summed E-state index contributed by atoms with van der Waals surface area (Å²) >= 11 is 0. The van der Waals surface area contributed by atoms with Crippen LogP contribution < -0.4 is 0 Å². The first-order valence-electron chi connectivity index (χ1n) is 5.96. The molecule has 0 aliphatic heterocycles. The standard InChI is InChI=1S/C11H18F2O4S2/c1-2-9-3-5-10(6-4-9)11(18(14,15)7-12)19(16,17)8-13/h2,9-11H,1,3-8H2. The third-order valence-electron chi connectivity index (χ3n) is 3.55. The maximum absolute atomic E-state index is 12.6. The molecule has 0 spiro atoms. The molecule has 112 valence electrons. The zero-order valence-electron chi connectivity index (χ0n) is 10.5. The van der Waals surface area contributed by atoms with Gasteiger partial charge >= 0.3 is 0 Å². The molecule has 0 aromatic heterocycles. The Morgan fingerprint density at radius 2 is 1.42 bits per heavy atom. The Hall–Kier alpha value is -0.500. The van der Waals surface area contributed by atoms with Gasteiger partial charge < -0.3 is 0 Å². The highest BCUT2D eigenvalue weighted by Gasteiger charge is 2.44. The molecule has 1 fully saturated rings. The van der Waals surface area contributed by atoms with Gasteiger partial charge in [0.25, 0.3) is 0 Å². The zero-order chi connectivity index (χ0) is 14.7. The van der Waals surface area contributed by atoms with Crippen LogP contribution >= 0.6 is 0 Å². The van der Waals surface area contributed by atoms with Crippen molar-refractivity contribution in [1.82, 2.24) is 0 Å². The van der Waals surface area contributed by atoms with Gasteiger partial charge in [0.2, 0.25) is 0 Å². The van der Waals surface area contributed by atoms with Gasteiger partial charge in [0.1, 0.15) is 0 Å². The van der Waals surface area contributed by atoms with E-state index in [0.29, 0.717) is 25.7 Å². The van der Waals surface area contributed by atoms with Crippen LogP contribution in [0.25, 0.3) is 0 Å². The van der Waals surface area contributed by atoms with Crippen molar-refractivity contribution < 1.29 is 25.6 Å². The first-order valence-corrected chi connectivity index (χ1v) is 9.39. The van der Waals surface area contributed by atoms with Crippen LogP contribution in [0.5, 0.6) is 0 Å². The van der Waals surface area contributed by atoms with Crippen LogP contribution in [0.4, 0.5) is 8.78 Å². The molecule has 1 aliphatic rings. The average molecular weight is 316 g/mol. The van der Waals surface area contributed by atoms with Crippen molar-refractivity contribution >= 4 is 19.7 Å². The minimum atomic E-state index is -4.47. The maximum Gasteiger partial charge on any atom is 0.196 e. The number of allylic oxidation sites excluding steroid dienone is 1. The number of sulfone groups is 2. The molecule has 0 saturated heterocycles. The van der Waals surface area contributed by atoms with Crippen molar-refractivity contribution in [3.05, 3.63) is 12.7 Å². The van der Waals surface area contributed by atoms with Crippen LogP contribution in [-0.2, 0) is 19.7 Å². The Kier molecular flexibility index (Phi) is 5.49. The van der Waals surface area contributed by atoms with Gasteiger partial charge in [-0.05, 0) is 37.5 Å². The molecule has 0 unspecified atom stereocenters. The summed E-state index contributed by atoms with van der Waals surface area (Å²) in [5.74, 6) is -0.532. The Morgan fingerprint density at radius 3 is 1.74 bits per heavy atom. The molecule has 1 saturated carbocycles. The average Bonchev–Trinajstić information content (AvgIpc) is 2.39. The summed E-state index contributed by atoms with van der Waals surface area (Å²) in [5.41, 5.74) is 0. The number of halogens is 2. The van der Waals surface area contributed by atoms with Gasteiger partial charge in [0, 0.05) is 0 Å². The van der Waals surface area contributed by atoms with Crippen molar-refractivity contribution in [2.24, 2.45) is 11.8 Å². The second-order valence-electron chi connectivity index (χ2n) is 4.82. The summed E-state index contributed by atoms with van der Waals surface area (Å²) in [5, 5.41) is 0. The molecule has 4 nitrogen and oxygen atoms in total. The minimum absolute atomic E-state index is 0.207. The predicted octanol–water partition coefficient (Wildman–Crippen LogP) is 1.99. The molecular weight excluding hydrogens is 298 g/mol. The second kappa shape index (κ2) is 6.30. The van der Waals surface area contributed by atoms with Crippen molar-refractivity contribution in [2.45, 2.75) is 30.3 Å². The quantitative estimate of drug-likeness (QED) is 0.703. The summed E-state index contributed by atoms with van der Waals surface area (Å²) in [7, 11) is -8.95. The molecule has 0 heterocycles. The van der Waals surface area contributed by atoms with Crippen LogP contribution in [-0.4, -0.2) is 33.4 Å². The van der Waals surface area contributed by atoms with E-state index in [2.05, 4.69) is 6.58 Å². The molecule has 0 atom stereocenters. The lowest BCUT2D eigenvalue weighted by Gasteiger charge is -2.31. The van der Waals surface area contributed by atoms with Crippen LogP contribution in [0.3, 0.4) is 0 Å². The number of hydrogen-bond donors (Lipinski definition) is 0. The van der Waals surface area contributed by atoms with Crippen molar-refractivity contribution in [1.29, 1.82) is 0 Å². The molecule has 0 amide bonds. The number of rotatable bonds is 6. The third kappa shape index (κ3) is 3.75. The van der Waals surface area contributed by atoms with Gasteiger partial charge in [0.05, 0.1) is 0 Å². The first kappa shape index (κ1) is 16.6. The molecule has 0 aromatic carbocycles. The van der Waals surface area contributed by atoms with Crippen LogP contribution in [0.15, 0.2) is 12.7 Å². The topological polar surface area (TPSA) is 68.3 Å². The molecule has 1 rings (SSSR count). The summed E-state index contributed by atoms with van der Waals surface area (Å²) in [4.78, 5) is 0. The highest BCUT2D eigenvalue weighted by atomic mass is 32.3. The van der Waals surface area contributed by atoms with Crippen LogP contribution in [0, 0.1) is 11.8 Å². The smallest absolute Gasteiger partial charge is 0.196 e. The second-order valence-corrected chi connectivity index (χ2v) is 9.22. The molecular formula is C11H18F2O4S2. The van der Waals surface area contributed by atoms with E-state index in [4.69, 9.17) is 0 Å². The maximum atomic E-state index is 12.6. The first-order chi connectivity index (χ1) is 8.78. The Balaban J connectivity index is 3.04. The summed E-state index contributed by atoms with van der Waals surface area (Å²) in [6, 6.07) is -3.56. The van der Waals surface area contributed by atoms with Crippen molar-refractivity contribution in [2.75, 3.05) is 12.0 Å². The largest absolute Gasteiger partial charge is 0.234 e. The van der Waals surface area contributed by atoms with Gasteiger partial charge in [-0.25, -0.2) is 25.6 Å². The summed E-state index contributed by atoms with van der Waals surface area (Å²) < 4.78 is 69.7. The van der Waals surface area contributed by atoms with E-state index in [1.54, 1.807) is 6.08 Å². The lowest BCUT2D eigenvalue weighted by molar-refractivity contribution is 0.317. The van der Waals surface area contributed by atoms with E-state index in [0.717, 1.165) is 0 Å².